The normalized spacial score (nSPS) is 16.5. The van der Waals surface area contributed by atoms with Gasteiger partial charge in [-0.25, -0.2) is 0 Å². The van der Waals surface area contributed by atoms with Crippen LogP contribution in [0.2, 0.25) is 0 Å². The molecule has 0 radical (unpaired) electrons. The van der Waals surface area contributed by atoms with Crippen LogP contribution in [-0.4, -0.2) is 59.7 Å². The molecule has 7 heteroatoms. The molecule has 1 amide bonds. The number of carbonyl (C=O) groups is 1. The first-order valence-corrected chi connectivity index (χ1v) is 9.67. The van der Waals surface area contributed by atoms with E-state index in [2.05, 4.69) is 22.3 Å². The minimum atomic E-state index is -1.35. The van der Waals surface area contributed by atoms with Gasteiger partial charge in [-0.05, 0) is 53.5 Å². The van der Waals surface area contributed by atoms with Crippen molar-refractivity contribution in [2.24, 2.45) is 0 Å². The maximum atomic E-state index is 12.2. The molecular weight excluding hydrogens is 370 g/mol. The van der Waals surface area contributed by atoms with Gasteiger partial charge in [-0.3, -0.25) is 4.79 Å². The van der Waals surface area contributed by atoms with Gasteiger partial charge in [-0.2, -0.15) is 5.26 Å². The third-order valence-corrected chi connectivity index (χ3v) is 5.10. The fraction of sp³-hybridized carbons (Fsp3) is 0.364. The zero-order valence-corrected chi connectivity index (χ0v) is 16.1. The number of fused-ring (bicyclic) bond motifs is 1. The summed E-state index contributed by atoms with van der Waals surface area (Å²) in [7, 11) is 0. The molecule has 7 nitrogen and oxygen atoms in total. The van der Waals surface area contributed by atoms with E-state index in [1.165, 1.54) is 24.6 Å². The van der Waals surface area contributed by atoms with Crippen LogP contribution in [0.25, 0.3) is 16.8 Å². The quantitative estimate of drug-likeness (QED) is 0.413. The molecule has 1 aliphatic heterocycles. The molecule has 0 bridgehead atoms. The van der Waals surface area contributed by atoms with Gasteiger partial charge < -0.3 is 25.5 Å². The Morgan fingerprint density at radius 3 is 2.52 bits per heavy atom. The first kappa shape index (κ1) is 20.8. The SMILES string of the molecule is N#C/C(=C\c1ccc2cc(N3CCCC3)ccc2c1)C(=O)NCC(O)C(O)CO. The Labute approximate surface area is 169 Å². The summed E-state index contributed by atoms with van der Waals surface area (Å²) < 4.78 is 0. The van der Waals surface area contributed by atoms with Crippen molar-refractivity contribution in [3.8, 4) is 6.07 Å². The van der Waals surface area contributed by atoms with Crippen LogP contribution in [0.3, 0.4) is 0 Å². The average Bonchev–Trinajstić information content (AvgIpc) is 3.29. The van der Waals surface area contributed by atoms with Gasteiger partial charge in [-0.1, -0.05) is 18.2 Å². The Bertz CT molecular complexity index is 945. The predicted molar refractivity (Wildman–Crippen MR) is 111 cm³/mol. The third kappa shape index (κ3) is 5.12. The maximum absolute atomic E-state index is 12.2. The van der Waals surface area contributed by atoms with Crippen LogP contribution >= 0.6 is 0 Å². The highest BCUT2D eigenvalue weighted by Gasteiger charge is 2.17. The molecule has 1 saturated heterocycles. The molecule has 1 aliphatic rings. The second kappa shape index (κ2) is 9.52. The Hall–Kier alpha value is -2.92. The summed E-state index contributed by atoms with van der Waals surface area (Å²) in [6, 6.07) is 13.9. The standard InChI is InChI=1S/C22H25N3O4/c23-12-18(22(29)24-13-20(27)21(28)14-26)10-15-3-4-17-11-19(6-5-16(17)9-15)25-7-1-2-8-25/h3-6,9-11,20-21,26-28H,1-2,7-8,13-14H2,(H,24,29)/b18-10+. The first-order chi connectivity index (χ1) is 14.0. The lowest BCUT2D eigenvalue weighted by Gasteiger charge is -2.18. The minimum absolute atomic E-state index is 0.108. The maximum Gasteiger partial charge on any atom is 0.262 e. The average molecular weight is 395 g/mol. The van der Waals surface area contributed by atoms with Crippen LogP contribution in [0, 0.1) is 11.3 Å². The number of aliphatic hydroxyl groups is 3. The summed E-state index contributed by atoms with van der Waals surface area (Å²) in [4.78, 5) is 14.6. The summed E-state index contributed by atoms with van der Waals surface area (Å²) in [6.45, 7) is 1.28. The summed E-state index contributed by atoms with van der Waals surface area (Å²) in [5, 5.41) is 41.5. The van der Waals surface area contributed by atoms with Crippen LogP contribution in [0.5, 0.6) is 0 Å². The van der Waals surface area contributed by atoms with E-state index in [0.29, 0.717) is 5.56 Å². The molecule has 2 aromatic rings. The van der Waals surface area contributed by atoms with E-state index in [1.54, 1.807) is 0 Å². The van der Waals surface area contributed by atoms with Gasteiger partial charge in [0.2, 0.25) is 0 Å². The Morgan fingerprint density at radius 2 is 1.83 bits per heavy atom. The summed E-state index contributed by atoms with van der Waals surface area (Å²) in [6.07, 6.45) is 1.26. The smallest absolute Gasteiger partial charge is 0.262 e. The van der Waals surface area contributed by atoms with Crippen molar-refractivity contribution < 1.29 is 20.1 Å². The number of carbonyl (C=O) groups excluding carboxylic acids is 1. The second-order valence-electron chi connectivity index (χ2n) is 7.18. The van der Waals surface area contributed by atoms with Crippen molar-refractivity contribution in [3.05, 3.63) is 47.5 Å². The van der Waals surface area contributed by atoms with Gasteiger partial charge in [0.1, 0.15) is 17.7 Å². The van der Waals surface area contributed by atoms with Crippen molar-refractivity contribution in [3.63, 3.8) is 0 Å². The topological polar surface area (TPSA) is 117 Å². The molecule has 29 heavy (non-hydrogen) atoms. The van der Waals surface area contributed by atoms with Crippen LogP contribution in [0.4, 0.5) is 5.69 Å². The van der Waals surface area contributed by atoms with E-state index in [4.69, 9.17) is 5.11 Å². The molecule has 152 valence electrons. The third-order valence-electron chi connectivity index (χ3n) is 5.10. The highest BCUT2D eigenvalue weighted by atomic mass is 16.4. The number of hydrogen-bond donors (Lipinski definition) is 4. The molecular formula is C22H25N3O4. The molecule has 4 N–H and O–H groups in total. The van der Waals surface area contributed by atoms with E-state index in [9.17, 15) is 20.3 Å². The van der Waals surface area contributed by atoms with Crippen molar-refractivity contribution in [2.45, 2.75) is 25.0 Å². The zero-order chi connectivity index (χ0) is 20.8. The Kier molecular flexibility index (Phi) is 6.83. The van der Waals surface area contributed by atoms with Gasteiger partial charge in [0.25, 0.3) is 5.91 Å². The monoisotopic (exact) mass is 395 g/mol. The van der Waals surface area contributed by atoms with Crippen LogP contribution in [-0.2, 0) is 4.79 Å². The molecule has 1 heterocycles. The van der Waals surface area contributed by atoms with Gasteiger partial charge in [0.15, 0.2) is 0 Å². The molecule has 0 saturated carbocycles. The minimum Gasteiger partial charge on any atom is -0.394 e. The van der Waals surface area contributed by atoms with E-state index in [-0.39, 0.29) is 12.1 Å². The first-order valence-electron chi connectivity index (χ1n) is 9.67. The Balaban J connectivity index is 1.74. The highest BCUT2D eigenvalue weighted by molar-refractivity contribution is 6.02. The van der Waals surface area contributed by atoms with Crippen molar-refractivity contribution in [2.75, 3.05) is 31.1 Å². The van der Waals surface area contributed by atoms with Crippen molar-refractivity contribution in [1.29, 1.82) is 5.26 Å². The van der Waals surface area contributed by atoms with Gasteiger partial charge in [-0.15, -0.1) is 0 Å². The van der Waals surface area contributed by atoms with Crippen LogP contribution in [0.15, 0.2) is 42.0 Å². The van der Waals surface area contributed by atoms with Gasteiger partial charge >= 0.3 is 0 Å². The van der Waals surface area contributed by atoms with Crippen molar-refractivity contribution in [1.82, 2.24) is 5.32 Å². The zero-order valence-electron chi connectivity index (χ0n) is 16.1. The van der Waals surface area contributed by atoms with E-state index in [1.807, 2.05) is 30.3 Å². The lowest BCUT2D eigenvalue weighted by molar-refractivity contribution is -0.118. The summed E-state index contributed by atoms with van der Waals surface area (Å²) >= 11 is 0. The summed E-state index contributed by atoms with van der Waals surface area (Å²) in [5.41, 5.74) is 1.82. The van der Waals surface area contributed by atoms with Gasteiger partial charge in [0, 0.05) is 25.3 Å². The number of hydrogen-bond acceptors (Lipinski definition) is 6. The van der Waals surface area contributed by atoms with E-state index in [0.717, 1.165) is 23.9 Å². The predicted octanol–water partition coefficient (Wildman–Crippen LogP) is 1.18. The number of aliphatic hydroxyl groups excluding tert-OH is 3. The number of nitriles is 1. The van der Waals surface area contributed by atoms with Gasteiger partial charge in [0.05, 0.1) is 12.7 Å². The van der Waals surface area contributed by atoms with Crippen LogP contribution in [0.1, 0.15) is 18.4 Å². The second-order valence-corrected chi connectivity index (χ2v) is 7.18. The lowest BCUT2D eigenvalue weighted by Crippen LogP contribution is -2.40. The van der Waals surface area contributed by atoms with E-state index < -0.39 is 24.7 Å². The molecule has 2 aromatic carbocycles. The highest BCUT2D eigenvalue weighted by Crippen LogP contribution is 2.26. The number of nitrogens with one attached hydrogen (secondary N) is 1. The number of anilines is 1. The fourth-order valence-corrected chi connectivity index (χ4v) is 3.38. The molecule has 0 spiro atoms. The number of benzene rings is 2. The van der Waals surface area contributed by atoms with E-state index >= 15 is 0 Å². The molecule has 2 atom stereocenters. The largest absolute Gasteiger partial charge is 0.394 e. The molecule has 0 aromatic heterocycles. The lowest BCUT2D eigenvalue weighted by atomic mass is 10.0. The number of amides is 1. The van der Waals surface area contributed by atoms with Crippen molar-refractivity contribution >= 4 is 28.4 Å². The fourth-order valence-electron chi connectivity index (χ4n) is 3.38. The molecule has 3 rings (SSSR count). The summed E-state index contributed by atoms with van der Waals surface area (Å²) in [5.74, 6) is -0.652. The Morgan fingerprint density at radius 1 is 1.14 bits per heavy atom. The number of rotatable bonds is 7. The molecule has 0 aliphatic carbocycles. The number of nitrogens with zero attached hydrogens (tertiary/aromatic N) is 2. The molecule has 1 fully saturated rings. The molecule has 2 unspecified atom stereocenters. The van der Waals surface area contributed by atoms with Crippen LogP contribution < -0.4 is 10.2 Å².